The van der Waals surface area contributed by atoms with Gasteiger partial charge in [0.2, 0.25) is 6.41 Å². The largest absolute Gasteiger partial charge is 0.455 e. The van der Waals surface area contributed by atoms with Gasteiger partial charge in [0, 0.05) is 11.1 Å². The van der Waals surface area contributed by atoms with Crippen LogP contribution in [-0.4, -0.2) is 51.3 Å². The quantitative estimate of drug-likeness (QED) is 0.343. The molecule has 1 N–H and O–H groups in total. The number of thioether (sulfide) groups is 1. The molecule has 8 heteroatoms. The Hall–Kier alpha value is -1.02. The normalized spacial score (nSPS) is 25.1. The lowest BCUT2D eigenvalue weighted by atomic mass is 10.0. The van der Waals surface area contributed by atoms with Gasteiger partial charge in [0.05, 0.1) is 0 Å². The maximum Gasteiger partial charge on any atom is 0.355 e. The molecule has 2 aliphatic rings. The minimum Gasteiger partial charge on any atom is -0.455 e. The van der Waals surface area contributed by atoms with Crippen LogP contribution in [0, 0.1) is 0 Å². The summed E-state index contributed by atoms with van der Waals surface area (Å²) in [7, 11) is 0. The topological polar surface area (TPSA) is 75.7 Å². The summed E-state index contributed by atoms with van der Waals surface area (Å²) in [5, 5.41) is 2.75. The van der Waals surface area contributed by atoms with Crippen molar-refractivity contribution in [3.63, 3.8) is 0 Å². The van der Waals surface area contributed by atoms with Gasteiger partial charge >= 0.3 is 5.97 Å². The second-order valence-corrected chi connectivity index (χ2v) is 7.43. The fourth-order valence-corrected chi connectivity index (χ4v) is 4.28. The number of halogens is 1. The van der Waals surface area contributed by atoms with E-state index in [9.17, 15) is 14.4 Å². The molecule has 6 nitrogen and oxygen atoms in total. The first kappa shape index (κ1) is 16.4. The summed E-state index contributed by atoms with van der Waals surface area (Å²) in [4.78, 5) is 36.5. The van der Waals surface area contributed by atoms with Crippen molar-refractivity contribution in [2.75, 3.05) is 11.1 Å². The van der Waals surface area contributed by atoms with Crippen molar-refractivity contribution >= 4 is 46.0 Å². The zero-order chi connectivity index (χ0) is 15.8. The van der Waals surface area contributed by atoms with Gasteiger partial charge in [-0.2, -0.15) is 0 Å². The van der Waals surface area contributed by atoms with E-state index in [4.69, 9.17) is 4.74 Å². The number of β-lactam (4-membered cyclic amide) rings is 1. The van der Waals surface area contributed by atoms with Crippen LogP contribution in [0.1, 0.15) is 20.8 Å². The Balaban J connectivity index is 2.27. The molecule has 0 unspecified atom stereocenters. The third kappa shape index (κ3) is 3.11. The van der Waals surface area contributed by atoms with Crippen LogP contribution in [0.15, 0.2) is 11.3 Å². The first-order valence-corrected chi connectivity index (χ1v) is 8.63. The number of carbonyl (C=O) groups excluding carboxylic acids is 3. The van der Waals surface area contributed by atoms with Crippen molar-refractivity contribution < 1.29 is 19.1 Å². The molecular weight excluding hydrogens is 360 g/mol. The number of ether oxygens (including phenoxy) is 1. The van der Waals surface area contributed by atoms with E-state index in [1.54, 1.807) is 20.8 Å². The van der Waals surface area contributed by atoms with Gasteiger partial charge in [-0.05, 0) is 26.3 Å². The van der Waals surface area contributed by atoms with Gasteiger partial charge < -0.3 is 10.1 Å². The van der Waals surface area contributed by atoms with Gasteiger partial charge in [0.1, 0.15) is 22.7 Å². The van der Waals surface area contributed by atoms with Crippen LogP contribution in [0.2, 0.25) is 0 Å². The van der Waals surface area contributed by atoms with Crippen LogP contribution in [0.4, 0.5) is 0 Å². The molecule has 0 radical (unpaired) electrons. The first-order valence-electron chi connectivity index (χ1n) is 6.46. The lowest BCUT2D eigenvalue weighted by molar-refractivity contribution is -0.158. The van der Waals surface area contributed by atoms with E-state index in [-0.39, 0.29) is 11.3 Å². The van der Waals surface area contributed by atoms with Crippen LogP contribution >= 0.6 is 27.7 Å². The van der Waals surface area contributed by atoms with Gasteiger partial charge in [-0.3, -0.25) is 14.5 Å². The molecule has 0 aromatic heterocycles. The third-order valence-electron chi connectivity index (χ3n) is 3.05. The van der Waals surface area contributed by atoms with Crippen LogP contribution in [-0.2, 0) is 19.1 Å². The molecule has 2 rings (SSSR count). The molecular formula is C13H17BrN2O4S. The van der Waals surface area contributed by atoms with Crippen molar-refractivity contribution in [3.8, 4) is 0 Å². The van der Waals surface area contributed by atoms with E-state index < -0.39 is 17.6 Å². The number of rotatable bonds is 4. The summed E-state index contributed by atoms with van der Waals surface area (Å²) < 4.78 is 5.39. The summed E-state index contributed by atoms with van der Waals surface area (Å²) in [6.45, 7) is 5.34. The highest BCUT2D eigenvalue weighted by atomic mass is 79.9. The minimum absolute atomic E-state index is 0.243. The highest BCUT2D eigenvalue weighted by Gasteiger charge is 2.53. The van der Waals surface area contributed by atoms with E-state index in [1.807, 2.05) is 0 Å². The van der Waals surface area contributed by atoms with Gasteiger partial charge in [0.15, 0.2) is 0 Å². The number of alkyl halides is 1. The molecule has 2 atom stereocenters. The number of fused-ring (bicyclic) bond motifs is 1. The lowest BCUT2D eigenvalue weighted by Crippen LogP contribution is -2.69. The average Bonchev–Trinajstić information content (AvgIpc) is 2.40. The molecule has 2 aliphatic heterocycles. The standard InChI is InChI=1S/C13H17BrN2O4S/c1-13(2,3)20-12(19)9-7(4-14)5-21-11-8(15-6-17)10(18)16(9)11/h6,8,11H,4-5H2,1-3H3,(H,15,17)/t8-,11-/m1/s1. The minimum atomic E-state index is -0.629. The molecule has 2 amide bonds. The summed E-state index contributed by atoms with van der Waals surface area (Å²) in [6.07, 6.45) is 0.511. The molecule has 1 saturated heterocycles. The van der Waals surface area contributed by atoms with Gasteiger partial charge in [-0.25, -0.2) is 4.79 Å². The number of esters is 1. The Morgan fingerprint density at radius 2 is 2.24 bits per heavy atom. The maximum absolute atomic E-state index is 12.4. The molecule has 0 aromatic rings. The molecule has 21 heavy (non-hydrogen) atoms. The molecule has 2 heterocycles. The van der Waals surface area contributed by atoms with Gasteiger partial charge in [0.25, 0.3) is 5.91 Å². The predicted octanol–water partition coefficient (Wildman–Crippen LogP) is 1.01. The SMILES string of the molecule is CC(C)(C)OC(=O)C1=C(CBr)CS[C@@H]2[C@H](NC=O)C(=O)N12. The Labute approximate surface area is 135 Å². The summed E-state index contributed by atoms with van der Waals surface area (Å²) in [5.74, 6) is -0.163. The Morgan fingerprint density at radius 1 is 1.57 bits per heavy atom. The number of carbonyl (C=O) groups is 3. The summed E-state index contributed by atoms with van der Waals surface area (Å²) >= 11 is 4.87. The first-order chi connectivity index (χ1) is 9.80. The molecule has 0 saturated carbocycles. The van der Waals surface area contributed by atoms with Crippen LogP contribution < -0.4 is 5.32 Å². The fourth-order valence-electron chi connectivity index (χ4n) is 2.19. The third-order valence-corrected chi connectivity index (χ3v) is 5.06. The Kier molecular flexibility index (Phi) is 4.67. The van der Waals surface area contributed by atoms with Crippen LogP contribution in [0.5, 0.6) is 0 Å². The maximum atomic E-state index is 12.4. The Morgan fingerprint density at radius 3 is 2.76 bits per heavy atom. The molecule has 0 bridgehead atoms. The van der Waals surface area contributed by atoms with Crippen molar-refractivity contribution in [2.45, 2.75) is 37.8 Å². The van der Waals surface area contributed by atoms with Crippen molar-refractivity contribution in [1.29, 1.82) is 0 Å². The molecule has 0 aliphatic carbocycles. The highest BCUT2D eigenvalue weighted by molar-refractivity contribution is 9.09. The van der Waals surface area contributed by atoms with E-state index in [0.717, 1.165) is 5.57 Å². The van der Waals surface area contributed by atoms with E-state index >= 15 is 0 Å². The number of amides is 2. The van der Waals surface area contributed by atoms with E-state index in [2.05, 4.69) is 21.2 Å². The van der Waals surface area contributed by atoms with Crippen molar-refractivity contribution in [3.05, 3.63) is 11.3 Å². The number of hydrogen-bond donors (Lipinski definition) is 1. The molecule has 0 spiro atoms. The molecule has 0 aromatic carbocycles. The predicted molar refractivity (Wildman–Crippen MR) is 82.7 cm³/mol. The summed E-state index contributed by atoms with van der Waals surface area (Å²) in [6, 6.07) is -0.568. The second-order valence-electron chi connectivity index (χ2n) is 5.76. The van der Waals surface area contributed by atoms with Crippen molar-refractivity contribution in [1.82, 2.24) is 10.2 Å². The van der Waals surface area contributed by atoms with E-state index in [0.29, 0.717) is 23.2 Å². The second kappa shape index (κ2) is 6.00. The fraction of sp³-hybridized carbons (Fsp3) is 0.615. The number of nitrogens with one attached hydrogen (secondary N) is 1. The van der Waals surface area contributed by atoms with E-state index in [1.165, 1.54) is 16.7 Å². The lowest BCUT2D eigenvalue weighted by Gasteiger charge is -2.49. The average molecular weight is 377 g/mol. The smallest absolute Gasteiger partial charge is 0.355 e. The van der Waals surface area contributed by atoms with Crippen molar-refractivity contribution in [2.24, 2.45) is 0 Å². The summed E-state index contributed by atoms with van der Waals surface area (Å²) in [5.41, 5.74) is 0.499. The van der Waals surface area contributed by atoms with Gasteiger partial charge in [-0.1, -0.05) is 15.9 Å². The monoisotopic (exact) mass is 376 g/mol. The molecule has 1 fully saturated rings. The van der Waals surface area contributed by atoms with Crippen LogP contribution in [0.25, 0.3) is 0 Å². The number of nitrogens with zero attached hydrogens (tertiary/aromatic N) is 1. The Bertz CT molecular complexity index is 515. The highest BCUT2D eigenvalue weighted by Crippen LogP contribution is 2.41. The molecule has 116 valence electrons. The zero-order valence-corrected chi connectivity index (χ0v) is 14.4. The van der Waals surface area contributed by atoms with Gasteiger partial charge in [-0.15, -0.1) is 11.8 Å². The zero-order valence-electron chi connectivity index (χ0n) is 12.0. The number of hydrogen-bond acceptors (Lipinski definition) is 5. The van der Waals surface area contributed by atoms with Crippen LogP contribution in [0.3, 0.4) is 0 Å².